The van der Waals surface area contributed by atoms with E-state index in [1.54, 1.807) is 0 Å². The van der Waals surface area contributed by atoms with Crippen molar-refractivity contribution in [3.63, 3.8) is 0 Å². The van der Waals surface area contributed by atoms with Crippen LogP contribution in [0.4, 0.5) is 5.69 Å². The maximum atomic E-state index is 12.5. The summed E-state index contributed by atoms with van der Waals surface area (Å²) in [5.41, 5.74) is 2.66. The lowest BCUT2D eigenvalue weighted by atomic mass is 10.1. The molecule has 3 rings (SSSR count). The number of anilines is 1. The van der Waals surface area contributed by atoms with Crippen LogP contribution in [-0.2, 0) is 13.0 Å². The van der Waals surface area contributed by atoms with Crippen molar-refractivity contribution in [3.05, 3.63) is 90.3 Å². The van der Waals surface area contributed by atoms with Crippen LogP contribution in [0.5, 0.6) is 5.75 Å². The number of carbonyl (C=O) groups is 1. The number of carbonyl (C=O) groups excluding carboxylic acids is 1. The van der Waals surface area contributed by atoms with E-state index in [2.05, 4.69) is 17.4 Å². The molecule has 0 saturated heterocycles. The maximum absolute atomic E-state index is 12.5. The van der Waals surface area contributed by atoms with E-state index in [0.29, 0.717) is 12.2 Å². The summed E-state index contributed by atoms with van der Waals surface area (Å²) in [4.78, 5) is 12.5. The van der Waals surface area contributed by atoms with Gasteiger partial charge < -0.3 is 27.0 Å². The van der Waals surface area contributed by atoms with Gasteiger partial charge in [-0.25, -0.2) is 4.57 Å². The Bertz CT molecular complexity index is 852. The molecule has 4 nitrogen and oxygen atoms in total. The average Bonchev–Trinajstić information content (AvgIpc) is 2.69. The minimum Gasteiger partial charge on any atom is -1.00 e. The number of aryl methyl sites for hydroxylation is 2. The third-order valence-electron chi connectivity index (χ3n) is 4.05. The minimum absolute atomic E-state index is 0. The molecule has 2 aromatic carbocycles. The number of rotatable bonds is 7. The molecule has 0 fully saturated rings. The second-order valence-electron chi connectivity index (χ2n) is 5.98. The first kappa shape index (κ1) is 20.6. The zero-order chi connectivity index (χ0) is 18.2. The Morgan fingerprint density at radius 3 is 2.44 bits per heavy atom. The lowest BCUT2D eigenvalue weighted by Crippen LogP contribution is -3.00. The first-order valence-corrected chi connectivity index (χ1v) is 8.82. The normalized spacial score (nSPS) is 9.96. The second kappa shape index (κ2) is 10.5. The van der Waals surface area contributed by atoms with E-state index in [-0.39, 0.29) is 22.9 Å². The number of hydrogen-bond donors (Lipinski definition) is 1. The highest BCUT2D eigenvalue weighted by molar-refractivity contribution is 6.03. The number of nitrogens with one attached hydrogen (secondary N) is 1. The molecule has 140 valence electrons. The van der Waals surface area contributed by atoms with Gasteiger partial charge in [0.2, 0.25) is 0 Å². The predicted molar refractivity (Wildman–Crippen MR) is 102 cm³/mol. The largest absolute Gasteiger partial charge is 1.00 e. The fraction of sp³-hybridized carbons (Fsp3) is 0.182. The first-order valence-electron chi connectivity index (χ1n) is 8.82. The van der Waals surface area contributed by atoms with Crippen molar-refractivity contribution in [1.82, 2.24) is 0 Å². The van der Waals surface area contributed by atoms with Gasteiger partial charge in [0.15, 0.2) is 18.9 Å². The topological polar surface area (TPSA) is 42.2 Å². The van der Waals surface area contributed by atoms with Gasteiger partial charge in [0, 0.05) is 18.2 Å². The Hall–Kier alpha value is -2.66. The summed E-state index contributed by atoms with van der Waals surface area (Å²) in [7, 11) is 0. The maximum Gasteiger partial charge on any atom is 0.261 e. The monoisotopic (exact) mass is 426 g/mol. The zero-order valence-corrected chi connectivity index (χ0v) is 16.9. The van der Waals surface area contributed by atoms with E-state index in [1.807, 2.05) is 78.5 Å². The molecule has 0 radical (unpaired) electrons. The molecule has 1 amide bonds. The second-order valence-corrected chi connectivity index (χ2v) is 5.98. The van der Waals surface area contributed by atoms with Crippen LogP contribution in [-0.4, -0.2) is 12.5 Å². The van der Waals surface area contributed by atoms with Crippen molar-refractivity contribution in [3.8, 4) is 5.75 Å². The number of nitrogens with zero attached hydrogens (tertiary/aromatic N) is 1. The molecule has 1 heterocycles. The molecule has 27 heavy (non-hydrogen) atoms. The van der Waals surface area contributed by atoms with Crippen LogP contribution in [0.15, 0.2) is 79.1 Å². The van der Waals surface area contributed by atoms with Crippen molar-refractivity contribution >= 4 is 11.6 Å². The van der Waals surface area contributed by atoms with Gasteiger partial charge >= 0.3 is 0 Å². The van der Waals surface area contributed by atoms with E-state index in [1.165, 1.54) is 5.56 Å². The summed E-state index contributed by atoms with van der Waals surface area (Å²) in [6.45, 7) is 3.39. The number of aromatic nitrogens is 1. The van der Waals surface area contributed by atoms with Gasteiger partial charge in [-0.3, -0.25) is 4.79 Å². The highest BCUT2D eigenvalue weighted by Crippen LogP contribution is 2.16. The van der Waals surface area contributed by atoms with Crippen LogP contribution in [0.2, 0.25) is 0 Å². The fourth-order valence-electron chi connectivity index (χ4n) is 2.70. The quantitative estimate of drug-likeness (QED) is 0.569. The summed E-state index contributed by atoms with van der Waals surface area (Å²) in [5.74, 6) is 0.673. The van der Waals surface area contributed by atoms with Gasteiger partial charge in [-0.2, -0.15) is 0 Å². The SMILES string of the molecule is CCOc1ccc(NC(=O)c2ccc[n+](CCc3ccccc3)c2)cc1.[Br-]. The van der Waals surface area contributed by atoms with Crippen LogP contribution < -0.4 is 31.6 Å². The van der Waals surface area contributed by atoms with Gasteiger partial charge in [0.05, 0.1) is 6.61 Å². The van der Waals surface area contributed by atoms with Crippen molar-refractivity contribution in [2.75, 3.05) is 11.9 Å². The molecule has 1 N–H and O–H groups in total. The highest BCUT2D eigenvalue weighted by Gasteiger charge is 2.11. The Labute approximate surface area is 170 Å². The number of ether oxygens (including phenoxy) is 1. The number of hydrogen-bond acceptors (Lipinski definition) is 2. The number of halogens is 1. The minimum atomic E-state index is -0.122. The molecule has 0 unspecified atom stereocenters. The summed E-state index contributed by atoms with van der Waals surface area (Å²) < 4.78 is 7.46. The first-order chi connectivity index (χ1) is 12.7. The van der Waals surface area contributed by atoms with Crippen molar-refractivity contribution < 1.29 is 31.1 Å². The van der Waals surface area contributed by atoms with Gasteiger partial charge in [-0.05, 0) is 42.8 Å². The molecule has 3 aromatic rings. The van der Waals surface area contributed by atoms with Crippen LogP contribution >= 0.6 is 0 Å². The van der Waals surface area contributed by atoms with Crippen LogP contribution in [0.1, 0.15) is 22.8 Å². The summed E-state index contributed by atoms with van der Waals surface area (Å²) in [5, 5.41) is 2.92. The number of pyridine rings is 1. The van der Waals surface area contributed by atoms with E-state index in [4.69, 9.17) is 4.74 Å². The molecule has 0 aliphatic carbocycles. The highest BCUT2D eigenvalue weighted by atomic mass is 79.9. The van der Waals surface area contributed by atoms with Gasteiger partial charge in [-0.15, -0.1) is 0 Å². The average molecular weight is 427 g/mol. The molecule has 5 heteroatoms. The van der Waals surface area contributed by atoms with E-state index in [9.17, 15) is 4.79 Å². The van der Waals surface area contributed by atoms with Gasteiger partial charge in [0.1, 0.15) is 11.3 Å². The van der Waals surface area contributed by atoms with E-state index in [0.717, 1.165) is 24.4 Å². The smallest absolute Gasteiger partial charge is 0.261 e. The molecule has 0 spiro atoms. The molecule has 0 saturated carbocycles. The molecule has 0 bridgehead atoms. The van der Waals surface area contributed by atoms with E-state index < -0.39 is 0 Å². The molecular weight excluding hydrogens is 404 g/mol. The standard InChI is InChI=1S/C22H22N2O2.BrH/c1-2-26-21-12-10-20(11-13-21)23-22(25)19-9-6-15-24(17-19)16-14-18-7-4-3-5-8-18;/h3-13,15,17H,2,14,16H2,1H3;1H. The summed E-state index contributed by atoms with van der Waals surface area (Å²) >= 11 is 0. The van der Waals surface area contributed by atoms with E-state index >= 15 is 0 Å². The molecule has 0 aliphatic heterocycles. The molecular formula is C22H23BrN2O2. The van der Waals surface area contributed by atoms with Gasteiger partial charge in [0.25, 0.3) is 5.91 Å². The Balaban J connectivity index is 0.00000261. The van der Waals surface area contributed by atoms with Crippen LogP contribution in [0, 0.1) is 0 Å². The lowest BCUT2D eigenvalue weighted by Gasteiger charge is -2.07. The number of amides is 1. The predicted octanol–water partition coefficient (Wildman–Crippen LogP) is 0.872. The van der Waals surface area contributed by atoms with Crippen molar-refractivity contribution in [2.24, 2.45) is 0 Å². The summed E-state index contributed by atoms with van der Waals surface area (Å²) in [6.07, 6.45) is 4.79. The third kappa shape index (κ3) is 6.22. The Morgan fingerprint density at radius 1 is 1.00 bits per heavy atom. The van der Waals surface area contributed by atoms with Crippen LogP contribution in [0.3, 0.4) is 0 Å². The van der Waals surface area contributed by atoms with Crippen molar-refractivity contribution in [2.45, 2.75) is 19.9 Å². The number of benzene rings is 2. The van der Waals surface area contributed by atoms with Gasteiger partial charge in [-0.1, -0.05) is 30.3 Å². The zero-order valence-electron chi connectivity index (χ0n) is 15.3. The lowest BCUT2D eigenvalue weighted by molar-refractivity contribution is -0.696. The summed E-state index contributed by atoms with van der Waals surface area (Å²) in [6, 6.07) is 21.4. The van der Waals surface area contributed by atoms with Crippen molar-refractivity contribution in [1.29, 1.82) is 0 Å². The fourth-order valence-corrected chi connectivity index (χ4v) is 2.70. The third-order valence-corrected chi connectivity index (χ3v) is 4.05. The molecule has 0 atom stereocenters. The Morgan fingerprint density at radius 2 is 1.74 bits per heavy atom. The molecule has 1 aromatic heterocycles. The van der Waals surface area contributed by atoms with Crippen LogP contribution in [0.25, 0.3) is 0 Å². The Kier molecular flexibility index (Phi) is 8.01. The molecule has 0 aliphatic rings.